The number of carboxylic acid groups (broad SMARTS) is 1. The summed E-state index contributed by atoms with van der Waals surface area (Å²) in [6.45, 7) is 0. The van der Waals surface area contributed by atoms with Gasteiger partial charge in [0.15, 0.2) is 5.82 Å². The van der Waals surface area contributed by atoms with Crippen LogP contribution in [-0.4, -0.2) is 27.2 Å². The number of carboxylic acids is 1. The first-order valence-corrected chi connectivity index (χ1v) is 8.76. The minimum Gasteiger partial charge on any atom is -0.478 e. The zero-order chi connectivity index (χ0) is 18.4. The SMILES string of the molecule is O=C(O)c1ccccc1C(=O)Nc1ccc(SCc2ccccc2)nn1. The van der Waals surface area contributed by atoms with Crippen molar-refractivity contribution in [2.24, 2.45) is 0 Å². The Morgan fingerprint density at radius 3 is 2.23 bits per heavy atom. The summed E-state index contributed by atoms with van der Waals surface area (Å²) in [5.74, 6) is -0.663. The number of thioether (sulfide) groups is 1. The lowest BCUT2D eigenvalue weighted by molar-refractivity contribution is 0.0692. The number of amides is 1. The molecule has 2 N–H and O–H groups in total. The van der Waals surface area contributed by atoms with Crippen LogP contribution in [0.5, 0.6) is 0 Å². The summed E-state index contributed by atoms with van der Waals surface area (Å²) in [5.41, 5.74) is 1.19. The van der Waals surface area contributed by atoms with Gasteiger partial charge < -0.3 is 10.4 Å². The van der Waals surface area contributed by atoms with E-state index in [2.05, 4.69) is 15.5 Å². The second-order valence-electron chi connectivity index (χ2n) is 5.34. The molecule has 0 spiro atoms. The maximum Gasteiger partial charge on any atom is 0.336 e. The molecule has 3 aromatic rings. The van der Waals surface area contributed by atoms with Crippen LogP contribution in [0.1, 0.15) is 26.3 Å². The molecule has 1 heterocycles. The van der Waals surface area contributed by atoms with E-state index in [1.165, 1.54) is 29.5 Å². The normalized spacial score (nSPS) is 10.3. The molecule has 2 aromatic carbocycles. The third-order valence-electron chi connectivity index (χ3n) is 3.51. The fourth-order valence-corrected chi connectivity index (χ4v) is 3.02. The molecule has 130 valence electrons. The first-order chi connectivity index (χ1) is 12.6. The molecule has 1 aromatic heterocycles. The molecule has 7 heteroatoms. The largest absolute Gasteiger partial charge is 0.478 e. The second kappa shape index (κ2) is 8.26. The van der Waals surface area contributed by atoms with Crippen molar-refractivity contribution in [3.05, 3.63) is 83.4 Å². The Hall–Kier alpha value is -3.19. The number of anilines is 1. The van der Waals surface area contributed by atoms with Crippen LogP contribution in [0, 0.1) is 0 Å². The van der Waals surface area contributed by atoms with E-state index in [4.69, 9.17) is 5.11 Å². The summed E-state index contributed by atoms with van der Waals surface area (Å²) in [4.78, 5) is 23.5. The van der Waals surface area contributed by atoms with Crippen LogP contribution in [0.3, 0.4) is 0 Å². The highest BCUT2D eigenvalue weighted by molar-refractivity contribution is 7.98. The molecule has 0 aliphatic carbocycles. The Morgan fingerprint density at radius 1 is 0.885 bits per heavy atom. The van der Waals surface area contributed by atoms with Crippen LogP contribution in [0.4, 0.5) is 5.82 Å². The van der Waals surface area contributed by atoms with Gasteiger partial charge in [0.25, 0.3) is 5.91 Å². The number of nitrogens with one attached hydrogen (secondary N) is 1. The minimum absolute atomic E-state index is 0.0620. The van der Waals surface area contributed by atoms with Gasteiger partial charge >= 0.3 is 5.97 Å². The van der Waals surface area contributed by atoms with Gasteiger partial charge in [-0.25, -0.2) is 4.79 Å². The van der Waals surface area contributed by atoms with Crippen LogP contribution in [0.15, 0.2) is 71.8 Å². The van der Waals surface area contributed by atoms with Crippen molar-refractivity contribution in [3.8, 4) is 0 Å². The molecule has 0 fully saturated rings. The summed E-state index contributed by atoms with van der Waals surface area (Å²) in [7, 11) is 0. The molecule has 0 radical (unpaired) electrons. The standard InChI is InChI=1S/C19H15N3O3S/c23-18(14-8-4-5-9-15(14)19(24)25)20-16-10-11-17(22-21-16)26-12-13-6-2-1-3-7-13/h1-11H,12H2,(H,24,25)(H,20,21,23). The minimum atomic E-state index is -1.16. The summed E-state index contributed by atoms with van der Waals surface area (Å²) in [6.07, 6.45) is 0. The summed E-state index contributed by atoms with van der Waals surface area (Å²) < 4.78 is 0. The lowest BCUT2D eigenvalue weighted by Gasteiger charge is -2.07. The predicted molar refractivity (Wildman–Crippen MR) is 99.4 cm³/mol. The number of rotatable bonds is 6. The van der Waals surface area contributed by atoms with Crippen LogP contribution in [-0.2, 0) is 5.75 Å². The van der Waals surface area contributed by atoms with Crippen LogP contribution >= 0.6 is 11.8 Å². The van der Waals surface area contributed by atoms with Crippen molar-refractivity contribution in [2.45, 2.75) is 10.8 Å². The van der Waals surface area contributed by atoms with Gasteiger partial charge in [0.05, 0.1) is 11.1 Å². The number of carbonyl (C=O) groups is 2. The predicted octanol–water partition coefficient (Wildman–Crippen LogP) is 3.72. The molecule has 0 unspecified atom stereocenters. The number of nitrogens with zero attached hydrogens (tertiary/aromatic N) is 2. The molecule has 1 amide bonds. The van der Waals surface area contributed by atoms with Gasteiger partial charge in [-0.1, -0.05) is 54.2 Å². The molecule has 0 atom stereocenters. The van der Waals surface area contributed by atoms with Crippen molar-refractivity contribution in [2.75, 3.05) is 5.32 Å². The number of carbonyl (C=O) groups excluding carboxylic acids is 1. The number of hydrogen-bond acceptors (Lipinski definition) is 5. The van der Waals surface area contributed by atoms with Crippen molar-refractivity contribution in [1.29, 1.82) is 0 Å². The first-order valence-electron chi connectivity index (χ1n) is 7.77. The first kappa shape index (κ1) is 17.6. The average Bonchev–Trinajstić information content (AvgIpc) is 2.68. The summed E-state index contributed by atoms with van der Waals surface area (Å²) in [5, 5.41) is 20.5. The summed E-state index contributed by atoms with van der Waals surface area (Å²) >= 11 is 1.54. The van der Waals surface area contributed by atoms with E-state index in [1.807, 2.05) is 30.3 Å². The Labute approximate surface area is 154 Å². The monoisotopic (exact) mass is 365 g/mol. The highest BCUT2D eigenvalue weighted by Gasteiger charge is 2.16. The zero-order valence-electron chi connectivity index (χ0n) is 13.6. The Bertz CT molecular complexity index is 915. The second-order valence-corrected chi connectivity index (χ2v) is 6.33. The number of aromatic nitrogens is 2. The average molecular weight is 365 g/mol. The third kappa shape index (κ3) is 4.46. The molecule has 26 heavy (non-hydrogen) atoms. The van der Waals surface area contributed by atoms with E-state index < -0.39 is 11.9 Å². The molecule has 0 saturated carbocycles. The molecule has 0 aliphatic rings. The molecule has 3 rings (SSSR count). The topological polar surface area (TPSA) is 92.2 Å². The highest BCUT2D eigenvalue weighted by Crippen LogP contribution is 2.21. The van der Waals surface area contributed by atoms with Gasteiger partial charge in [0.2, 0.25) is 0 Å². The number of hydrogen-bond donors (Lipinski definition) is 2. The van der Waals surface area contributed by atoms with E-state index in [-0.39, 0.29) is 16.9 Å². The molecule has 0 bridgehead atoms. The maximum atomic E-state index is 12.3. The van der Waals surface area contributed by atoms with Crippen molar-refractivity contribution in [1.82, 2.24) is 10.2 Å². The van der Waals surface area contributed by atoms with Crippen LogP contribution < -0.4 is 5.32 Å². The van der Waals surface area contributed by atoms with Gasteiger partial charge in [-0.05, 0) is 29.8 Å². The molecular weight excluding hydrogens is 350 g/mol. The fraction of sp³-hybridized carbons (Fsp3) is 0.0526. The van der Waals surface area contributed by atoms with Gasteiger partial charge in [-0.3, -0.25) is 4.79 Å². The Balaban J connectivity index is 1.64. The van der Waals surface area contributed by atoms with Crippen molar-refractivity contribution >= 4 is 29.5 Å². The number of aromatic carboxylic acids is 1. The van der Waals surface area contributed by atoms with Gasteiger partial charge in [-0.15, -0.1) is 10.2 Å². The van der Waals surface area contributed by atoms with E-state index in [0.29, 0.717) is 0 Å². The number of benzene rings is 2. The summed E-state index contributed by atoms with van der Waals surface area (Å²) in [6, 6.07) is 19.4. The Kier molecular flexibility index (Phi) is 5.60. The van der Waals surface area contributed by atoms with E-state index in [9.17, 15) is 9.59 Å². The van der Waals surface area contributed by atoms with Crippen LogP contribution in [0.2, 0.25) is 0 Å². The van der Waals surface area contributed by atoms with Crippen molar-refractivity contribution in [3.63, 3.8) is 0 Å². The molecular formula is C19H15N3O3S. The lowest BCUT2D eigenvalue weighted by Crippen LogP contribution is -2.17. The highest BCUT2D eigenvalue weighted by atomic mass is 32.2. The maximum absolute atomic E-state index is 12.3. The van der Waals surface area contributed by atoms with E-state index in [0.717, 1.165) is 10.8 Å². The van der Waals surface area contributed by atoms with Gasteiger partial charge in [-0.2, -0.15) is 0 Å². The van der Waals surface area contributed by atoms with Crippen molar-refractivity contribution < 1.29 is 14.7 Å². The van der Waals surface area contributed by atoms with Gasteiger partial charge in [0, 0.05) is 5.75 Å². The fourth-order valence-electron chi connectivity index (χ4n) is 2.25. The molecule has 6 nitrogen and oxygen atoms in total. The zero-order valence-corrected chi connectivity index (χ0v) is 14.4. The van der Waals surface area contributed by atoms with E-state index >= 15 is 0 Å². The van der Waals surface area contributed by atoms with Crippen LogP contribution in [0.25, 0.3) is 0 Å². The Morgan fingerprint density at radius 2 is 1.58 bits per heavy atom. The quantitative estimate of drug-likeness (QED) is 0.647. The third-order valence-corrected chi connectivity index (χ3v) is 4.50. The lowest BCUT2D eigenvalue weighted by atomic mass is 10.1. The smallest absolute Gasteiger partial charge is 0.336 e. The van der Waals surface area contributed by atoms with Gasteiger partial charge in [0.1, 0.15) is 5.03 Å². The molecule has 0 saturated heterocycles. The molecule has 0 aliphatic heterocycles. The van der Waals surface area contributed by atoms with E-state index in [1.54, 1.807) is 24.3 Å².